The van der Waals surface area contributed by atoms with E-state index in [9.17, 15) is 22.0 Å². The number of likely N-dealkylation sites (tertiary alicyclic amines) is 1. The first kappa shape index (κ1) is 19.5. The van der Waals surface area contributed by atoms with Gasteiger partial charge in [0, 0.05) is 19.5 Å². The van der Waals surface area contributed by atoms with Crippen LogP contribution in [0, 0.1) is 11.6 Å². The van der Waals surface area contributed by atoms with Crippen molar-refractivity contribution in [2.45, 2.75) is 35.8 Å². The Bertz CT molecular complexity index is 905. The molecule has 0 bridgehead atoms. The standard InChI is InChI=1S/C20H21F2NO3S/c21-16-6-8-17(9-7-16)27(25,26)18-11-13-23(14-12-18)20(24)10-5-15-3-1-2-4-19(15)22/h1-4,6-9,18H,5,10-14H2. The molecule has 1 amide bonds. The maximum absolute atomic E-state index is 13.6. The molecule has 27 heavy (non-hydrogen) atoms. The molecule has 1 saturated heterocycles. The first-order valence-corrected chi connectivity index (χ1v) is 10.4. The first-order valence-electron chi connectivity index (χ1n) is 8.88. The summed E-state index contributed by atoms with van der Waals surface area (Å²) in [5, 5.41) is -0.585. The fourth-order valence-corrected chi connectivity index (χ4v) is 5.06. The third-order valence-electron chi connectivity index (χ3n) is 4.94. The van der Waals surface area contributed by atoms with Gasteiger partial charge in [-0.05, 0) is 55.2 Å². The van der Waals surface area contributed by atoms with Crippen molar-refractivity contribution in [3.8, 4) is 0 Å². The van der Waals surface area contributed by atoms with Gasteiger partial charge in [0.25, 0.3) is 0 Å². The highest BCUT2D eigenvalue weighted by Crippen LogP contribution is 2.25. The predicted molar refractivity (Wildman–Crippen MR) is 97.9 cm³/mol. The summed E-state index contributed by atoms with van der Waals surface area (Å²) < 4.78 is 52.0. The summed E-state index contributed by atoms with van der Waals surface area (Å²) in [6.07, 6.45) is 1.19. The van der Waals surface area contributed by atoms with Crippen LogP contribution in [0.2, 0.25) is 0 Å². The van der Waals surface area contributed by atoms with Crippen LogP contribution in [0.1, 0.15) is 24.8 Å². The molecule has 0 aliphatic carbocycles. The topological polar surface area (TPSA) is 54.5 Å². The van der Waals surface area contributed by atoms with Crippen molar-refractivity contribution in [1.29, 1.82) is 0 Å². The Morgan fingerprint density at radius 2 is 1.63 bits per heavy atom. The van der Waals surface area contributed by atoms with Crippen molar-refractivity contribution in [2.24, 2.45) is 0 Å². The fraction of sp³-hybridized carbons (Fsp3) is 0.350. The lowest BCUT2D eigenvalue weighted by molar-refractivity contribution is -0.132. The molecular formula is C20H21F2NO3S. The summed E-state index contributed by atoms with van der Waals surface area (Å²) in [6, 6.07) is 11.2. The number of aryl methyl sites for hydroxylation is 1. The number of hydrogen-bond donors (Lipinski definition) is 0. The van der Waals surface area contributed by atoms with Gasteiger partial charge in [-0.15, -0.1) is 0 Å². The number of amides is 1. The Balaban J connectivity index is 1.56. The number of nitrogens with zero attached hydrogens (tertiary/aromatic N) is 1. The average Bonchev–Trinajstić information content (AvgIpc) is 2.67. The van der Waals surface area contributed by atoms with Gasteiger partial charge in [-0.25, -0.2) is 17.2 Å². The molecule has 4 nitrogen and oxygen atoms in total. The summed E-state index contributed by atoms with van der Waals surface area (Å²) in [5.74, 6) is -0.908. The Hall–Kier alpha value is -2.28. The van der Waals surface area contributed by atoms with Gasteiger partial charge in [-0.3, -0.25) is 4.79 Å². The van der Waals surface area contributed by atoms with Crippen molar-refractivity contribution >= 4 is 15.7 Å². The van der Waals surface area contributed by atoms with Crippen molar-refractivity contribution in [2.75, 3.05) is 13.1 Å². The van der Waals surface area contributed by atoms with Crippen molar-refractivity contribution in [3.05, 3.63) is 65.7 Å². The Morgan fingerprint density at radius 3 is 2.26 bits per heavy atom. The molecule has 1 fully saturated rings. The summed E-state index contributed by atoms with van der Waals surface area (Å²) in [4.78, 5) is 14.1. The van der Waals surface area contributed by atoms with E-state index in [1.54, 1.807) is 23.1 Å². The normalized spacial score (nSPS) is 15.7. The van der Waals surface area contributed by atoms with E-state index in [1.165, 1.54) is 18.2 Å². The van der Waals surface area contributed by atoms with Gasteiger partial charge in [0.15, 0.2) is 9.84 Å². The highest BCUT2D eigenvalue weighted by molar-refractivity contribution is 7.92. The lowest BCUT2D eigenvalue weighted by Gasteiger charge is -2.32. The molecule has 0 N–H and O–H groups in total. The summed E-state index contributed by atoms with van der Waals surface area (Å²) in [5.41, 5.74) is 0.500. The van der Waals surface area contributed by atoms with Crippen LogP contribution >= 0.6 is 0 Å². The fourth-order valence-electron chi connectivity index (χ4n) is 3.33. The number of benzene rings is 2. The molecule has 1 aliphatic heterocycles. The van der Waals surface area contributed by atoms with Crippen molar-refractivity contribution in [3.63, 3.8) is 0 Å². The minimum absolute atomic E-state index is 0.101. The number of carbonyl (C=O) groups is 1. The van der Waals surface area contributed by atoms with E-state index in [0.717, 1.165) is 12.1 Å². The maximum atomic E-state index is 13.6. The highest BCUT2D eigenvalue weighted by atomic mass is 32.2. The van der Waals surface area contributed by atoms with Gasteiger partial charge in [0.05, 0.1) is 10.1 Å². The van der Waals surface area contributed by atoms with Gasteiger partial charge < -0.3 is 4.90 Å². The van der Waals surface area contributed by atoms with Crippen LogP contribution in [-0.2, 0) is 21.1 Å². The molecule has 0 aromatic heterocycles. The number of hydrogen-bond acceptors (Lipinski definition) is 3. The number of piperidine rings is 1. The highest BCUT2D eigenvalue weighted by Gasteiger charge is 2.32. The largest absolute Gasteiger partial charge is 0.343 e. The van der Waals surface area contributed by atoms with Crippen molar-refractivity contribution < 1.29 is 22.0 Å². The molecule has 3 rings (SSSR count). The lowest BCUT2D eigenvalue weighted by atomic mass is 10.1. The van der Waals surface area contributed by atoms with Gasteiger partial charge in [-0.1, -0.05) is 18.2 Å². The Labute approximate surface area is 157 Å². The first-order chi connectivity index (χ1) is 12.9. The van der Waals surface area contributed by atoms with Crippen LogP contribution in [-0.4, -0.2) is 37.6 Å². The van der Waals surface area contributed by atoms with Crippen LogP contribution in [0.5, 0.6) is 0 Å². The van der Waals surface area contributed by atoms with E-state index in [1.807, 2.05) is 0 Å². The monoisotopic (exact) mass is 393 g/mol. The van der Waals surface area contributed by atoms with Crippen LogP contribution in [0.25, 0.3) is 0 Å². The van der Waals surface area contributed by atoms with E-state index >= 15 is 0 Å². The van der Waals surface area contributed by atoms with Crippen molar-refractivity contribution in [1.82, 2.24) is 4.90 Å². The zero-order valence-electron chi connectivity index (χ0n) is 14.8. The minimum atomic E-state index is -3.54. The van der Waals surface area contributed by atoms with E-state index in [2.05, 4.69) is 0 Å². The Kier molecular flexibility index (Phi) is 5.89. The van der Waals surface area contributed by atoms with Crippen LogP contribution in [0.15, 0.2) is 53.4 Å². The molecule has 0 saturated carbocycles. The predicted octanol–water partition coefficient (Wildman–Crippen LogP) is 3.36. The molecule has 2 aromatic rings. The number of sulfone groups is 1. The van der Waals surface area contributed by atoms with Crippen LogP contribution in [0.3, 0.4) is 0 Å². The third kappa shape index (κ3) is 4.53. The molecule has 1 aliphatic rings. The SMILES string of the molecule is O=C(CCc1ccccc1F)N1CCC(S(=O)(=O)c2ccc(F)cc2)CC1. The molecule has 1 heterocycles. The third-order valence-corrected chi connectivity index (χ3v) is 7.22. The summed E-state index contributed by atoms with van der Waals surface area (Å²) in [6.45, 7) is 0.697. The van der Waals surface area contributed by atoms with E-state index < -0.39 is 20.9 Å². The zero-order chi connectivity index (χ0) is 19.4. The zero-order valence-corrected chi connectivity index (χ0v) is 15.6. The lowest BCUT2D eigenvalue weighted by Crippen LogP contribution is -2.42. The number of carbonyl (C=O) groups excluding carboxylic acids is 1. The second-order valence-corrected chi connectivity index (χ2v) is 8.90. The van der Waals surface area contributed by atoms with Crippen LogP contribution in [0.4, 0.5) is 8.78 Å². The van der Waals surface area contributed by atoms with Gasteiger partial charge in [0.1, 0.15) is 11.6 Å². The molecule has 0 atom stereocenters. The van der Waals surface area contributed by atoms with E-state index in [4.69, 9.17) is 0 Å². The van der Waals surface area contributed by atoms with Gasteiger partial charge in [-0.2, -0.15) is 0 Å². The summed E-state index contributed by atoms with van der Waals surface area (Å²) >= 11 is 0. The van der Waals surface area contributed by atoms with Gasteiger partial charge in [0.2, 0.25) is 5.91 Å². The second kappa shape index (κ2) is 8.17. The molecule has 2 aromatic carbocycles. The van der Waals surface area contributed by atoms with Gasteiger partial charge >= 0.3 is 0 Å². The second-order valence-electron chi connectivity index (χ2n) is 6.67. The molecule has 0 radical (unpaired) electrons. The molecule has 7 heteroatoms. The molecular weight excluding hydrogens is 372 g/mol. The smallest absolute Gasteiger partial charge is 0.222 e. The van der Waals surface area contributed by atoms with E-state index in [-0.39, 0.29) is 23.0 Å². The van der Waals surface area contributed by atoms with Crippen LogP contribution < -0.4 is 0 Å². The maximum Gasteiger partial charge on any atom is 0.222 e. The Morgan fingerprint density at radius 1 is 1.00 bits per heavy atom. The summed E-state index contributed by atoms with van der Waals surface area (Å²) in [7, 11) is -3.54. The molecule has 0 spiro atoms. The number of rotatable bonds is 5. The average molecular weight is 393 g/mol. The van der Waals surface area contributed by atoms with E-state index in [0.29, 0.717) is 37.9 Å². The quantitative estimate of drug-likeness (QED) is 0.732. The minimum Gasteiger partial charge on any atom is -0.343 e. The molecule has 0 unspecified atom stereocenters. The number of halogens is 2. The molecule has 144 valence electrons.